The second-order valence-corrected chi connectivity index (χ2v) is 17.2. The molecule has 0 radical (unpaired) electrons. The quantitative estimate of drug-likeness (QED) is 0.168. The lowest BCUT2D eigenvalue weighted by Gasteiger charge is -2.36. The van der Waals surface area contributed by atoms with Crippen LogP contribution < -0.4 is 0 Å². The molecule has 2 aliphatic rings. The van der Waals surface area contributed by atoms with Crippen LogP contribution in [-0.2, 0) is 5.41 Å². The maximum Gasteiger partial charge on any atom is 0.160 e. The molecule has 0 aliphatic heterocycles. The monoisotopic (exact) mass is 792 g/mol. The van der Waals surface area contributed by atoms with Gasteiger partial charge in [-0.25, -0.2) is 9.97 Å². The number of rotatable bonds is 6. The van der Waals surface area contributed by atoms with Gasteiger partial charge < -0.3 is 0 Å². The first-order valence-corrected chi connectivity index (χ1v) is 22.1. The molecule has 0 amide bonds. The third-order valence-corrected chi connectivity index (χ3v) is 13.7. The van der Waals surface area contributed by atoms with Gasteiger partial charge in [0.05, 0.1) is 11.4 Å². The normalized spacial score (nSPS) is 13.9. The van der Waals surface area contributed by atoms with Crippen molar-refractivity contribution in [1.82, 2.24) is 9.97 Å². The molecule has 9 aromatic carbocycles. The predicted octanol–water partition coefficient (Wildman–Crippen LogP) is 16.0. The number of nitrogens with zero attached hydrogens (tertiary/aromatic N) is 2. The van der Waals surface area contributed by atoms with Crippen molar-refractivity contribution in [3.8, 4) is 78.4 Å². The van der Waals surface area contributed by atoms with Gasteiger partial charge in [-0.3, -0.25) is 0 Å². The summed E-state index contributed by atoms with van der Waals surface area (Å²) in [6.45, 7) is 0. The molecule has 2 aliphatic carbocycles. The molecule has 10 aromatic rings. The Balaban J connectivity index is 0.988. The number of hydrogen-bond donors (Lipinski definition) is 0. The molecule has 62 heavy (non-hydrogen) atoms. The summed E-state index contributed by atoms with van der Waals surface area (Å²) in [6.07, 6.45) is 6.30. The zero-order chi connectivity index (χ0) is 41.0. The molecule has 0 N–H and O–H groups in total. The summed E-state index contributed by atoms with van der Waals surface area (Å²) in [5.41, 5.74) is 18.2. The summed E-state index contributed by atoms with van der Waals surface area (Å²) in [6, 6.07) is 75.3. The molecule has 0 unspecified atom stereocenters. The van der Waals surface area contributed by atoms with E-state index in [1.54, 1.807) is 0 Å². The first-order valence-electron chi connectivity index (χ1n) is 22.1. The Morgan fingerprint density at radius 2 is 0.871 bits per heavy atom. The fraction of sp³-hybridized carbons (Fsp3) is 0.100. The molecule has 2 nitrogen and oxygen atoms in total. The van der Waals surface area contributed by atoms with Crippen molar-refractivity contribution < 1.29 is 0 Å². The summed E-state index contributed by atoms with van der Waals surface area (Å²) in [4.78, 5) is 10.4. The Bertz CT molecular complexity index is 3320. The summed E-state index contributed by atoms with van der Waals surface area (Å²) >= 11 is 0. The van der Waals surface area contributed by atoms with Crippen molar-refractivity contribution in [3.63, 3.8) is 0 Å². The topological polar surface area (TPSA) is 25.8 Å². The van der Waals surface area contributed by atoms with E-state index in [0.29, 0.717) is 5.82 Å². The Kier molecular flexibility index (Phi) is 8.78. The van der Waals surface area contributed by atoms with Crippen LogP contribution in [0.5, 0.6) is 0 Å². The molecule has 1 fully saturated rings. The van der Waals surface area contributed by atoms with E-state index in [-0.39, 0.29) is 5.41 Å². The van der Waals surface area contributed by atoms with Crippen LogP contribution in [0.15, 0.2) is 206 Å². The summed E-state index contributed by atoms with van der Waals surface area (Å²) in [5, 5.41) is 5.17. The molecule has 2 heteroatoms. The van der Waals surface area contributed by atoms with E-state index < -0.39 is 0 Å². The highest BCUT2D eigenvalue weighted by Crippen LogP contribution is 2.59. The van der Waals surface area contributed by atoms with Crippen LogP contribution in [0.3, 0.4) is 0 Å². The maximum absolute atomic E-state index is 5.23. The molecular weight excluding hydrogens is 749 g/mol. The van der Waals surface area contributed by atoms with Crippen molar-refractivity contribution in [2.45, 2.75) is 37.5 Å². The van der Waals surface area contributed by atoms with Gasteiger partial charge in [0.1, 0.15) is 0 Å². The first-order chi connectivity index (χ1) is 30.7. The Morgan fingerprint density at radius 3 is 1.60 bits per heavy atom. The fourth-order valence-electron chi connectivity index (χ4n) is 10.7. The average molecular weight is 793 g/mol. The molecular formula is C60H44N2. The van der Waals surface area contributed by atoms with Crippen molar-refractivity contribution in [1.29, 1.82) is 0 Å². The lowest BCUT2D eigenvalue weighted by atomic mass is 9.67. The van der Waals surface area contributed by atoms with Crippen LogP contribution in [0.4, 0.5) is 0 Å². The Labute approximate surface area is 363 Å². The second kappa shape index (κ2) is 14.9. The van der Waals surface area contributed by atoms with Crippen LogP contribution >= 0.6 is 0 Å². The summed E-state index contributed by atoms with van der Waals surface area (Å²) in [5.74, 6) is 0.711. The lowest BCUT2D eigenvalue weighted by Crippen LogP contribution is -2.28. The molecule has 0 atom stereocenters. The third kappa shape index (κ3) is 6.09. The lowest BCUT2D eigenvalue weighted by molar-refractivity contribution is 0.353. The highest BCUT2D eigenvalue weighted by molar-refractivity contribution is 6.09. The van der Waals surface area contributed by atoms with Crippen LogP contribution in [0, 0.1) is 0 Å². The molecule has 0 bridgehead atoms. The molecule has 0 saturated heterocycles. The van der Waals surface area contributed by atoms with E-state index in [0.717, 1.165) is 39.2 Å². The predicted molar refractivity (Wildman–Crippen MR) is 259 cm³/mol. The van der Waals surface area contributed by atoms with Gasteiger partial charge in [0, 0.05) is 22.1 Å². The SMILES string of the molecule is c1ccc(-c2cccc(-c3cc(-c4cccc(-c5ccc(-c6cccc7c6-c6cc8ccccc8cc6C76CCCCC6)c6ccccc56)c4)nc(-c4ccccc4)n3)c2)cc1. The standard InChI is InChI=1S/C60H44N2/c1-4-17-40(18-5-1)42-23-14-25-46(35-42)56-39-57(62-59(61-56)41-19-6-2-7-20-41)47-26-15-24-45(36-47)48-31-32-51(50-28-11-10-27-49(48)50)52-29-16-30-54-58(52)53-37-43-21-8-9-22-44(43)38-55(53)60(54)33-12-3-13-34-60/h1-2,4-11,14-32,35-39H,3,12-13,33-34H2. The van der Waals surface area contributed by atoms with Gasteiger partial charge in [0.25, 0.3) is 0 Å². The van der Waals surface area contributed by atoms with Gasteiger partial charge in [-0.05, 0) is 120 Å². The highest BCUT2D eigenvalue weighted by atomic mass is 14.9. The maximum atomic E-state index is 5.23. The van der Waals surface area contributed by atoms with Gasteiger partial charge in [0.2, 0.25) is 0 Å². The largest absolute Gasteiger partial charge is 0.228 e. The van der Waals surface area contributed by atoms with E-state index in [9.17, 15) is 0 Å². The summed E-state index contributed by atoms with van der Waals surface area (Å²) in [7, 11) is 0. The zero-order valence-electron chi connectivity index (χ0n) is 34.6. The molecule has 1 spiro atoms. The third-order valence-electron chi connectivity index (χ3n) is 13.7. The van der Waals surface area contributed by atoms with E-state index in [4.69, 9.17) is 9.97 Å². The van der Waals surface area contributed by atoms with E-state index in [1.165, 1.54) is 98.2 Å². The van der Waals surface area contributed by atoms with Crippen molar-refractivity contribution in [3.05, 3.63) is 217 Å². The number of benzene rings is 9. The van der Waals surface area contributed by atoms with Crippen LogP contribution in [0.2, 0.25) is 0 Å². The van der Waals surface area contributed by atoms with E-state index >= 15 is 0 Å². The Morgan fingerprint density at radius 1 is 0.323 bits per heavy atom. The average Bonchev–Trinajstić information content (AvgIpc) is 3.60. The van der Waals surface area contributed by atoms with Crippen LogP contribution in [-0.4, -0.2) is 9.97 Å². The van der Waals surface area contributed by atoms with Crippen LogP contribution in [0.1, 0.15) is 43.2 Å². The van der Waals surface area contributed by atoms with E-state index in [2.05, 4.69) is 200 Å². The minimum Gasteiger partial charge on any atom is -0.228 e. The van der Waals surface area contributed by atoms with Gasteiger partial charge in [-0.15, -0.1) is 0 Å². The molecule has 294 valence electrons. The van der Waals surface area contributed by atoms with Gasteiger partial charge in [0.15, 0.2) is 5.82 Å². The van der Waals surface area contributed by atoms with Crippen molar-refractivity contribution in [2.75, 3.05) is 0 Å². The van der Waals surface area contributed by atoms with E-state index in [1.807, 2.05) is 6.07 Å². The zero-order valence-corrected chi connectivity index (χ0v) is 34.6. The molecule has 1 saturated carbocycles. The molecule has 1 heterocycles. The van der Waals surface area contributed by atoms with Crippen LogP contribution in [0.25, 0.3) is 100.0 Å². The molecule has 1 aromatic heterocycles. The van der Waals surface area contributed by atoms with Gasteiger partial charge >= 0.3 is 0 Å². The Hall–Kier alpha value is -7.42. The van der Waals surface area contributed by atoms with Crippen molar-refractivity contribution in [2.24, 2.45) is 0 Å². The fourth-order valence-corrected chi connectivity index (χ4v) is 10.7. The first kappa shape index (κ1) is 36.4. The number of fused-ring (bicyclic) bond motifs is 7. The minimum absolute atomic E-state index is 0.0745. The van der Waals surface area contributed by atoms with Gasteiger partial charge in [-0.2, -0.15) is 0 Å². The van der Waals surface area contributed by atoms with Crippen molar-refractivity contribution >= 4 is 21.5 Å². The smallest absolute Gasteiger partial charge is 0.160 e. The minimum atomic E-state index is 0.0745. The molecule has 12 rings (SSSR count). The van der Waals surface area contributed by atoms with Gasteiger partial charge in [-0.1, -0.05) is 195 Å². The summed E-state index contributed by atoms with van der Waals surface area (Å²) < 4.78 is 0. The highest BCUT2D eigenvalue weighted by Gasteiger charge is 2.44. The second-order valence-electron chi connectivity index (χ2n) is 17.2. The number of hydrogen-bond acceptors (Lipinski definition) is 2. The number of aromatic nitrogens is 2.